The van der Waals surface area contributed by atoms with Gasteiger partial charge in [-0.2, -0.15) is 0 Å². The maximum absolute atomic E-state index is 11.5. The molecule has 0 amide bonds. The highest BCUT2D eigenvalue weighted by molar-refractivity contribution is 6.31. The number of hydrogen-bond acceptors (Lipinski definition) is 6. The molecule has 3 rings (SSSR count). The maximum Gasteiger partial charge on any atom is 0.354 e. The summed E-state index contributed by atoms with van der Waals surface area (Å²) < 4.78 is 1.45. The van der Waals surface area contributed by atoms with Crippen LogP contribution in [0.3, 0.4) is 0 Å². The fourth-order valence-electron chi connectivity index (χ4n) is 2.07. The second-order valence-electron chi connectivity index (χ2n) is 4.66. The van der Waals surface area contributed by atoms with Crippen LogP contribution >= 0.6 is 11.6 Å². The normalized spacial score (nSPS) is 10.5. The zero-order chi connectivity index (χ0) is 16.4. The zero-order valence-corrected chi connectivity index (χ0v) is 12.7. The minimum atomic E-state index is -0.530. The summed E-state index contributed by atoms with van der Waals surface area (Å²) in [4.78, 5) is 22.8. The fraction of sp³-hybridized carbons (Fsp3) is 0.0714. The van der Waals surface area contributed by atoms with E-state index in [1.54, 1.807) is 24.4 Å². The van der Waals surface area contributed by atoms with Crippen molar-refractivity contribution in [2.45, 2.75) is 6.92 Å². The van der Waals surface area contributed by atoms with E-state index >= 15 is 0 Å². The highest BCUT2D eigenvalue weighted by Gasteiger charge is 2.24. The zero-order valence-electron chi connectivity index (χ0n) is 12.0. The van der Waals surface area contributed by atoms with Crippen molar-refractivity contribution in [3.05, 3.63) is 63.9 Å². The Balaban J connectivity index is 2.11. The molecule has 0 spiro atoms. The third-order valence-corrected chi connectivity index (χ3v) is 3.66. The number of nitrogens with one attached hydrogen (secondary N) is 1. The van der Waals surface area contributed by atoms with Gasteiger partial charge in [0.2, 0.25) is 11.6 Å². The molecule has 0 aliphatic carbocycles. The molecule has 23 heavy (non-hydrogen) atoms. The lowest BCUT2D eigenvalue weighted by molar-refractivity contribution is -0.384. The molecule has 0 aliphatic heterocycles. The van der Waals surface area contributed by atoms with E-state index in [1.807, 2.05) is 6.92 Å². The van der Waals surface area contributed by atoms with Crippen LogP contribution < -0.4 is 5.32 Å². The van der Waals surface area contributed by atoms with Crippen molar-refractivity contribution < 1.29 is 4.92 Å². The number of aromatic nitrogens is 4. The summed E-state index contributed by atoms with van der Waals surface area (Å²) in [6.45, 7) is 1.81. The number of halogens is 1. The van der Waals surface area contributed by atoms with Crippen LogP contribution in [0.4, 0.5) is 17.2 Å². The number of nitrogens with zero attached hydrogens (tertiary/aromatic N) is 5. The third-order valence-electron chi connectivity index (χ3n) is 3.26. The van der Waals surface area contributed by atoms with Crippen molar-refractivity contribution in [2.75, 3.05) is 5.32 Å². The number of imidazole rings is 1. The third kappa shape index (κ3) is 2.84. The second kappa shape index (κ2) is 6.01. The highest BCUT2D eigenvalue weighted by atomic mass is 35.5. The molecule has 0 saturated carbocycles. The van der Waals surface area contributed by atoms with E-state index in [2.05, 4.69) is 20.3 Å². The molecule has 2 aromatic heterocycles. The Labute approximate surface area is 135 Å². The van der Waals surface area contributed by atoms with Gasteiger partial charge in [0.05, 0.1) is 4.92 Å². The Morgan fingerprint density at radius 3 is 2.87 bits per heavy atom. The molecule has 1 N–H and O–H groups in total. The summed E-state index contributed by atoms with van der Waals surface area (Å²) in [5.74, 6) is 0.212. The van der Waals surface area contributed by atoms with Crippen LogP contribution in [0.5, 0.6) is 0 Å². The van der Waals surface area contributed by atoms with E-state index < -0.39 is 4.92 Å². The first-order chi connectivity index (χ1) is 11.1. The summed E-state index contributed by atoms with van der Waals surface area (Å²) in [5.41, 5.74) is 1.16. The van der Waals surface area contributed by atoms with E-state index in [-0.39, 0.29) is 17.3 Å². The van der Waals surface area contributed by atoms with Gasteiger partial charge in [-0.3, -0.25) is 14.7 Å². The number of anilines is 2. The predicted octanol–water partition coefficient (Wildman–Crippen LogP) is 3.28. The highest BCUT2D eigenvalue weighted by Crippen LogP contribution is 2.32. The van der Waals surface area contributed by atoms with Crippen LogP contribution in [0, 0.1) is 17.0 Å². The molecule has 0 aliphatic rings. The van der Waals surface area contributed by atoms with Crippen molar-refractivity contribution in [2.24, 2.45) is 0 Å². The Hall–Kier alpha value is -3.00. The first-order valence-electron chi connectivity index (χ1n) is 6.58. The Morgan fingerprint density at radius 1 is 1.35 bits per heavy atom. The van der Waals surface area contributed by atoms with Crippen LogP contribution in [-0.2, 0) is 0 Å². The van der Waals surface area contributed by atoms with E-state index in [0.29, 0.717) is 10.7 Å². The van der Waals surface area contributed by atoms with Crippen LogP contribution in [0.1, 0.15) is 5.56 Å². The van der Waals surface area contributed by atoms with Gasteiger partial charge in [-0.25, -0.2) is 15.0 Å². The SMILES string of the molecule is Cc1c(Cl)cccc1Nc1ncnc(-n2ccnc2)c1[N+](=O)[O-]. The number of hydrogen-bond donors (Lipinski definition) is 1. The quantitative estimate of drug-likeness (QED) is 0.582. The Morgan fingerprint density at radius 2 is 2.17 bits per heavy atom. The van der Waals surface area contributed by atoms with Crippen LogP contribution in [0.25, 0.3) is 5.82 Å². The van der Waals surface area contributed by atoms with Gasteiger partial charge in [-0.05, 0) is 24.6 Å². The van der Waals surface area contributed by atoms with Crippen molar-refractivity contribution in [3.63, 3.8) is 0 Å². The lowest BCUT2D eigenvalue weighted by Crippen LogP contribution is -2.07. The molecular weight excluding hydrogens is 320 g/mol. The molecule has 0 unspecified atom stereocenters. The van der Waals surface area contributed by atoms with Crippen molar-refractivity contribution in [1.82, 2.24) is 19.5 Å². The van der Waals surface area contributed by atoms with Gasteiger partial charge in [-0.15, -0.1) is 0 Å². The van der Waals surface area contributed by atoms with Gasteiger partial charge in [0.15, 0.2) is 0 Å². The number of nitro groups is 1. The van der Waals surface area contributed by atoms with Crippen molar-refractivity contribution in [1.29, 1.82) is 0 Å². The Kier molecular flexibility index (Phi) is 3.90. The number of rotatable bonds is 4. The maximum atomic E-state index is 11.5. The molecule has 0 saturated heterocycles. The summed E-state index contributed by atoms with van der Waals surface area (Å²) in [5, 5.41) is 15.0. The molecule has 1 aromatic carbocycles. The lowest BCUT2D eigenvalue weighted by Gasteiger charge is -2.11. The molecule has 2 heterocycles. The molecule has 0 bridgehead atoms. The van der Waals surface area contributed by atoms with Gasteiger partial charge in [0.25, 0.3) is 0 Å². The predicted molar refractivity (Wildman–Crippen MR) is 85.3 cm³/mol. The van der Waals surface area contributed by atoms with Crippen molar-refractivity contribution in [3.8, 4) is 5.82 Å². The van der Waals surface area contributed by atoms with Gasteiger partial charge < -0.3 is 5.32 Å². The van der Waals surface area contributed by atoms with E-state index in [0.717, 1.165) is 5.56 Å². The average molecular weight is 331 g/mol. The Bertz CT molecular complexity index is 866. The topological polar surface area (TPSA) is 98.8 Å². The molecule has 9 heteroatoms. The minimum Gasteiger partial charge on any atom is -0.334 e. The average Bonchev–Trinajstić information content (AvgIpc) is 3.05. The molecule has 0 atom stereocenters. The first-order valence-corrected chi connectivity index (χ1v) is 6.95. The van der Waals surface area contributed by atoms with Crippen LogP contribution in [0.2, 0.25) is 5.02 Å². The standard InChI is InChI=1S/C14H11ClN6O2/c1-9-10(15)3-2-4-11(9)19-13-12(21(22)23)14(18-7-17-13)20-6-5-16-8-20/h2-8H,1H3,(H,17,18,19). The molecule has 3 aromatic rings. The van der Waals surface area contributed by atoms with E-state index in [1.165, 1.54) is 23.4 Å². The van der Waals surface area contributed by atoms with Gasteiger partial charge in [0, 0.05) is 23.1 Å². The first kappa shape index (κ1) is 14.9. The van der Waals surface area contributed by atoms with Crippen LogP contribution in [-0.4, -0.2) is 24.4 Å². The van der Waals surface area contributed by atoms with Gasteiger partial charge >= 0.3 is 5.69 Å². The summed E-state index contributed by atoms with van der Waals surface area (Å²) >= 11 is 6.08. The molecule has 116 valence electrons. The lowest BCUT2D eigenvalue weighted by atomic mass is 10.2. The molecule has 0 radical (unpaired) electrons. The fourth-order valence-corrected chi connectivity index (χ4v) is 2.25. The van der Waals surface area contributed by atoms with Crippen LogP contribution in [0.15, 0.2) is 43.2 Å². The van der Waals surface area contributed by atoms with Gasteiger partial charge in [-0.1, -0.05) is 17.7 Å². The summed E-state index contributed by atoms with van der Waals surface area (Å²) in [7, 11) is 0. The second-order valence-corrected chi connectivity index (χ2v) is 5.07. The minimum absolute atomic E-state index is 0.0825. The smallest absolute Gasteiger partial charge is 0.334 e. The van der Waals surface area contributed by atoms with E-state index in [4.69, 9.17) is 11.6 Å². The van der Waals surface area contributed by atoms with Gasteiger partial charge in [0.1, 0.15) is 12.7 Å². The summed E-state index contributed by atoms with van der Waals surface area (Å²) in [6, 6.07) is 5.26. The summed E-state index contributed by atoms with van der Waals surface area (Å²) in [6.07, 6.45) is 5.78. The monoisotopic (exact) mass is 330 g/mol. The van der Waals surface area contributed by atoms with E-state index in [9.17, 15) is 10.1 Å². The number of benzene rings is 1. The molecular formula is C14H11ClN6O2. The molecule has 8 nitrogen and oxygen atoms in total. The van der Waals surface area contributed by atoms with Crippen molar-refractivity contribution >= 4 is 28.8 Å². The molecule has 0 fully saturated rings. The largest absolute Gasteiger partial charge is 0.354 e.